The van der Waals surface area contributed by atoms with E-state index >= 15 is 0 Å². The Morgan fingerprint density at radius 1 is 1.29 bits per heavy atom. The van der Waals surface area contributed by atoms with E-state index in [9.17, 15) is 4.79 Å². The zero-order valence-corrected chi connectivity index (χ0v) is 16.7. The number of hydrogen-bond acceptors (Lipinski definition) is 3. The molecule has 2 aromatic rings. The van der Waals surface area contributed by atoms with Crippen LogP contribution in [-0.4, -0.2) is 46.8 Å². The summed E-state index contributed by atoms with van der Waals surface area (Å²) in [6.07, 6.45) is 7.60. The van der Waals surface area contributed by atoms with E-state index in [2.05, 4.69) is 52.3 Å². The lowest BCUT2D eigenvalue weighted by Crippen LogP contribution is -2.40. The quantitative estimate of drug-likeness (QED) is 0.683. The van der Waals surface area contributed by atoms with Crippen LogP contribution in [0.1, 0.15) is 33.7 Å². The number of aromatic nitrogens is 2. The second-order valence-corrected chi connectivity index (χ2v) is 7.24. The summed E-state index contributed by atoms with van der Waals surface area (Å²) < 4.78 is 2.05. The number of rotatable bonds is 9. The Kier molecular flexibility index (Phi) is 6.82. The summed E-state index contributed by atoms with van der Waals surface area (Å²) in [6, 6.07) is 10.8. The molecule has 1 heterocycles. The highest BCUT2D eigenvalue weighted by Gasteiger charge is 2.30. The van der Waals surface area contributed by atoms with Crippen molar-refractivity contribution in [3.63, 3.8) is 0 Å². The van der Waals surface area contributed by atoms with Crippen LogP contribution < -0.4 is 5.32 Å². The summed E-state index contributed by atoms with van der Waals surface area (Å²) in [6.45, 7) is 10.2. The van der Waals surface area contributed by atoms with Crippen LogP contribution in [0.4, 0.5) is 0 Å². The molecule has 1 atom stereocenters. The molecule has 0 spiro atoms. The Morgan fingerprint density at radius 3 is 2.64 bits per heavy atom. The number of nitrogens with zero attached hydrogens (tertiary/aromatic N) is 3. The fourth-order valence-corrected chi connectivity index (χ4v) is 4.05. The van der Waals surface area contributed by atoms with Gasteiger partial charge in [0.05, 0.1) is 0 Å². The van der Waals surface area contributed by atoms with Gasteiger partial charge in [-0.2, -0.15) is 5.10 Å². The molecule has 3 rings (SSSR count). The number of fused-ring (bicyclic) bond motifs is 1. The molecule has 28 heavy (non-hydrogen) atoms. The highest BCUT2D eigenvalue weighted by molar-refractivity contribution is 5.93. The first-order valence-corrected chi connectivity index (χ1v) is 9.98. The van der Waals surface area contributed by atoms with Gasteiger partial charge in [-0.1, -0.05) is 42.5 Å². The first kappa shape index (κ1) is 20.1. The van der Waals surface area contributed by atoms with Gasteiger partial charge in [0.1, 0.15) is 0 Å². The number of amides is 1. The minimum atomic E-state index is -0.102. The standard InChI is InChI=1S/C23H30N4O/c1-4-14-26(15-5-2)19-11-12-21-20(17-19)22(23(28)24-3)25-27(21)16-13-18-9-7-6-8-10-18/h4-10,19H,1-2,11-17H2,3H3,(H,24,28). The van der Waals surface area contributed by atoms with Crippen LogP contribution in [0, 0.1) is 0 Å². The van der Waals surface area contributed by atoms with Crippen LogP contribution in [0.5, 0.6) is 0 Å². The van der Waals surface area contributed by atoms with Crippen molar-refractivity contribution in [2.45, 2.75) is 38.3 Å². The number of nitrogens with one attached hydrogen (secondary N) is 1. The highest BCUT2D eigenvalue weighted by Crippen LogP contribution is 2.28. The third kappa shape index (κ3) is 4.42. The molecule has 5 nitrogen and oxygen atoms in total. The van der Waals surface area contributed by atoms with E-state index in [1.807, 2.05) is 18.2 Å². The van der Waals surface area contributed by atoms with E-state index in [1.165, 1.54) is 11.3 Å². The van der Waals surface area contributed by atoms with Crippen LogP contribution in [-0.2, 0) is 25.8 Å². The molecule has 0 saturated heterocycles. The fourth-order valence-electron chi connectivity index (χ4n) is 4.05. The van der Waals surface area contributed by atoms with Crippen molar-refractivity contribution in [1.82, 2.24) is 20.0 Å². The lowest BCUT2D eigenvalue weighted by molar-refractivity contribution is 0.0955. The van der Waals surface area contributed by atoms with E-state index in [1.54, 1.807) is 7.05 Å². The van der Waals surface area contributed by atoms with Gasteiger partial charge in [0.25, 0.3) is 5.91 Å². The number of aryl methyl sites for hydroxylation is 2. The Hall–Kier alpha value is -2.66. The van der Waals surface area contributed by atoms with Gasteiger partial charge in [0.15, 0.2) is 5.69 Å². The molecule has 1 amide bonds. The largest absolute Gasteiger partial charge is 0.354 e. The smallest absolute Gasteiger partial charge is 0.271 e. The Balaban J connectivity index is 1.85. The molecule has 1 aromatic heterocycles. The van der Waals surface area contributed by atoms with Crippen LogP contribution in [0.3, 0.4) is 0 Å². The zero-order valence-electron chi connectivity index (χ0n) is 16.7. The Bertz CT molecular complexity index is 815. The third-order valence-electron chi connectivity index (χ3n) is 5.46. The molecular formula is C23H30N4O. The molecule has 1 aromatic carbocycles. The van der Waals surface area contributed by atoms with E-state index in [0.717, 1.165) is 50.9 Å². The Labute approximate surface area is 167 Å². The summed E-state index contributed by atoms with van der Waals surface area (Å²) >= 11 is 0. The topological polar surface area (TPSA) is 50.2 Å². The maximum Gasteiger partial charge on any atom is 0.271 e. The first-order chi connectivity index (χ1) is 13.7. The van der Waals surface area contributed by atoms with E-state index in [4.69, 9.17) is 5.10 Å². The van der Waals surface area contributed by atoms with E-state index in [-0.39, 0.29) is 5.91 Å². The van der Waals surface area contributed by atoms with E-state index in [0.29, 0.717) is 11.7 Å². The lowest BCUT2D eigenvalue weighted by Gasteiger charge is -2.33. The first-order valence-electron chi connectivity index (χ1n) is 9.98. The molecule has 0 saturated carbocycles. The van der Waals surface area contributed by atoms with Crippen molar-refractivity contribution in [1.29, 1.82) is 0 Å². The minimum absolute atomic E-state index is 0.102. The monoisotopic (exact) mass is 378 g/mol. The minimum Gasteiger partial charge on any atom is -0.354 e. The summed E-state index contributed by atoms with van der Waals surface area (Å²) in [7, 11) is 1.67. The predicted molar refractivity (Wildman–Crippen MR) is 114 cm³/mol. The molecule has 0 radical (unpaired) electrons. The van der Waals surface area contributed by atoms with Crippen molar-refractivity contribution in [3.8, 4) is 0 Å². The van der Waals surface area contributed by atoms with Gasteiger partial charge >= 0.3 is 0 Å². The maximum absolute atomic E-state index is 12.5. The number of carbonyl (C=O) groups excluding carboxylic acids is 1. The molecule has 1 aliphatic carbocycles. The van der Waals surface area contributed by atoms with Crippen LogP contribution in [0.2, 0.25) is 0 Å². The molecule has 0 bridgehead atoms. The summed E-state index contributed by atoms with van der Waals surface area (Å²) in [5, 5.41) is 7.46. The van der Waals surface area contributed by atoms with Gasteiger partial charge < -0.3 is 5.32 Å². The SMILES string of the molecule is C=CCN(CC=C)C1CCc2c(c(C(=O)NC)nn2CCc2ccccc2)C1. The number of carbonyl (C=O) groups is 1. The predicted octanol–water partition coefficient (Wildman–Crippen LogP) is 3.02. The van der Waals surface area contributed by atoms with Crippen molar-refractivity contribution in [2.24, 2.45) is 0 Å². The summed E-state index contributed by atoms with van der Waals surface area (Å²) in [4.78, 5) is 14.8. The van der Waals surface area contributed by atoms with Crippen molar-refractivity contribution in [2.75, 3.05) is 20.1 Å². The van der Waals surface area contributed by atoms with Crippen LogP contribution in [0.15, 0.2) is 55.6 Å². The van der Waals surface area contributed by atoms with Crippen LogP contribution >= 0.6 is 0 Å². The zero-order chi connectivity index (χ0) is 19.9. The molecule has 1 unspecified atom stereocenters. The second kappa shape index (κ2) is 9.51. The highest BCUT2D eigenvalue weighted by atomic mass is 16.1. The summed E-state index contributed by atoms with van der Waals surface area (Å²) in [5.41, 5.74) is 4.17. The van der Waals surface area contributed by atoms with E-state index < -0.39 is 0 Å². The van der Waals surface area contributed by atoms with Gasteiger partial charge in [-0.25, -0.2) is 0 Å². The molecule has 0 fully saturated rings. The third-order valence-corrected chi connectivity index (χ3v) is 5.46. The normalized spacial score (nSPS) is 15.9. The van der Waals surface area contributed by atoms with Gasteiger partial charge in [-0.3, -0.25) is 14.4 Å². The van der Waals surface area contributed by atoms with Gasteiger partial charge in [0.2, 0.25) is 0 Å². The van der Waals surface area contributed by atoms with Crippen LogP contribution in [0.25, 0.3) is 0 Å². The van der Waals surface area contributed by atoms with Gasteiger partial charge in [-0.05, 0) is 31.2 Å². The average molecular weight is 379 g/mol. The summed E-state index contributed by atoms with van der Waals surface area (Å²) in [5.74, 6) is -0.102. The maximum atomic E-state index is 12.5. The average Bonchev–Trinajstić information content (AvgIpc) is 3.10. The van der Waals surface area contributed by atoms with Gasteiger partial charge in [-0.15, -0.1) is 13.2 Å². The lowest BCUT2D eigenvalue weighted by atomic mass is 9.90. The molecule has 1 N–H and O–H groups in total. The fraction of sp³-hybridized carbons (Fsp3) is 0.391. The molecule has 148 valence electrons. The van der Waals surface area contributed by atoms with Crippen molar-refractivity contribution < 1.29 is 4.79 Å². The molecule has 5 heteroatoms. The number of hydrogen-bond donors (Lipinski definition) is 1. The van der Waals surface area contributed by atoms with Gasteiger partial charge in [0, 0.05) is 44.0 Å². The molecule has 1 aliphatic rings. The van der Waals surface area contributed by atoms with Crippen molar-refractivity contribution >= 4 is 5.91 Å². The van der Waals surface area contributed by atoms with Crippen molar-refractivity contribution in [3.05, 3.63) is 78.2 Å². The Morgan fingerprint density at radius 2 is 2.00 bits per heavy atom. The molecule has 0 aliphatic heterocycles. The molecular weight excluding hydrogens is 348 g/mol. The number of benzene rings is 1. The second-order valence-electron chi connectivity index (χ2n) is 7.24.